The molecule has 0 fully saturated rings. The third-order valence-corrected chi connectivity index (χ3v) is 3.68. The van der Waals surface area contributed by atoms with Gasteiger partial charge < -0.3 is 10.5 Å². The van der Waals surface area contributed by atoms with Gasteiger partial charge in [0.05, 0.1) is 6.61 Å². The van der Waals surface area contributed by atoms with Crippen LogP contribution in [0.3, 0.4) is 0 Å². The zero-order chi connectivity index (χ0) is 16.3. The highest BCUT2D eigenvalue weighted by Gasteiger charge is 2.38. The fourth-order valence-corrected chi connectivity index (χ4v) is 2.33. The first kappa shape index (κ1) is 15.1. The van der Waals surface area contributed by atoms with Crippen molar-refractivity contribution in [3.63, 3.8) is 0 Å². The van der Waals surface area contributed by atoms with Gasteiger partial charge in [-0.1, -0.05) is 17.2 Å². The summed E-state index contributed by atoms with van der Waals surface area (Å²) in [6.45, 7) is 2.24. The van der Waals surface area contributed by atoms with Crippen LogP contribution in [-0.4, -0.2) is 17.5 Å². The number of nitrogen functional groups attached to an aromatic ring is 1. The lowest BCUT2D eigenvalue weighted by Crippen LogP contribution is -2.30. The molecule has 6 nitrogen and oxygen atoms in total. The minimum absolute atomic E-state index is 0.304. The Hall–Kier alpha value is -2.83. The molecular formula is C16H16FN5O. The molecule has 0 radical (unpaired) electrons. The van der Waals surface area contributed by atoms with Gasteiger partial charge in [-0.3, -0.25) is 0 Å². The summed E-state index contributed by atoms with van der Waals surface area (Å²) in [5.41, 5.74) is 6.61. The van der Waals surface area contributed by atoms with Crippen molar-refractivity contribution in [3.8, 4) is 0 Å². The normalized spacial score (nSPS) is 19.7. The Morgan fingerprint density at radius 1 is 1.22 bits per heavy atom. The fourth-order valence-electron chi connectivity index (χ4n) is 2.33. The summed E-state index contributed by atoms with van der Waals surface area (Å²) in [5.74, 6) is 0.565. The number of anilines is 1. The molecule has 23 heavy (non-hydrogen) atoms. The standard InChI is InChI=1S/C16H16FN5O/c1-16(12-2-4-13(17)5-3-12)15(20-22-21-16)23-9-7-11-6-8-19-14(18)10-11/h2-6,8,10H,7,9H2,1H3,(H2,18,19). The molecule has 3 rings (SSSR count). The molecule has 118 valence electrons. The second-order valence-corrected chi connectivity index (χ2v) is 5.36. The molecular weight excluding hydrogens is 297 g/mol. The maximum atomic E-state index is 13.1. The molecule has 0 saturated carbocycles. The molecule has 1 aliphatic heterocycles. The van der Waals surface area contributed by atoms with E-state index in [0.29, 0.717) is 24.7 Å². The molecule has 7 heteroatoms. The van der Waals surface area contributed by atoms with Crippen LogP contribution in [0.4, 0.5) is 10.2 Å². The number of pyridine rings is 1. The van der Waals surface area contributed by atoms with E-state index in [9.17, 15) is 4.39 Å². The number of rotatable bonds is 4. The van der Waals surface area contributed by atoms with E-state index in [2.05, 4.69) is 20.4 Å². The molecule has 1 atom stereocenters. The maximum Gasteiger partial charge on any atom is 0.245 e. The molecule has 0 spiro atoms. The van der Waals surface area contributed by atoms with Gasteiger partial charge in [0, 0.05) is 12.6 Å². The first-order chi connectivity index (χ1) is 11.1. The van der Waals surface area contributed by atoms with Crippen LogP contribution in [0.5, 0.6) is 0 Å². The number of hydrogen-bond donors (Lipinski definition) is 1. The van der Waals surface area contributed by atoms with Crippen LogP contribution in [-0.2, 0) is 16.7 Å². The fraction of sp³-hybridized carbons (Fsp3) is 0.250. The van der Waals surface area contributed by atoms with E-state index in [1.165, 1.54) is 12.1 Å². The number of aromatic nitrogens is 1. The van der Waals surface area contributed by atoms with E-state index in [4.69, 9.17) is 10.5 Å². The van der Waals surface area contributed by atoms with Crippen molar-refractivity contribution in [1.82, 2.24) is 4.98 Å². The highest BCUT2D eigenvalue weighted by molar-refractivity contribution is 5.88. The van der Waals surface area contributed by atoms with Gasteiger partial charge in [-0.15, -0.1) is 5.11 Å². The topological polar surface area (TPSA) is 85.2 Å². The highest BCUT2D eigenvalue weighted by Crippen LogP contribution is 2.32. The molecule has 1 unspecified atom stereocenters. The third kappa shape index (κ3) is 3.18. The second-order valence-electron chi connectivity index (χ2n) is 5.36. The minimum atomic E-state index is -0.828. The molecule has 0 saturated heterocycles. The van der Waals surface area contributed by atoms with Crippen molar-refractivity contribution in [3.05, 3.63) is 59.5 Å². The Balaban J connectivity index is 1.67. The molecule has 2 heterocycles. The second kappa shape index (κ2) is 6.12. The lowest BCUT2D eigenvalue weighted by atomic mass is 9.93. The summed E-state index contributed by atoms with van der Waals surface area (Å²) in [7, 11) is 0. The Morgan fingerprint density at radius 2 is 2.00 bits per heavy atom. The Bertz CT molecular complexity index is 759. The van der Waals surface area contributed by atoms with Gasteiger partial charge in [-0.05, 0) is 47.5 Å². The van der Waals surface area contributed by atoms with E-state index >= 15 is 0 Å². The van der Waals surface area contributed by atoms with Crippen LogP contribution in [0, 0.1) is 5.82 Å². The molecule has 0 bridgehead atoms. The largest absolute Gasteiger partial charge is 0.477 e. The number of nitrogens with zero attached hydrogens (tertiary/aromatic N) is 4. The molecule has 1 aromatic carbocycles. The minimum Gasteiger partial charge on any atom is -0.477 e. The Kier molecular flexibility index (Phi) is 4.01. The van der Waals surface area contributed by atoms with Crippen LogP contribution >= 0.6 is 0 Å². The first-order valence-electron chi connectivity index (χ1n) is 7.17. The van der Waals surface area contributed by atoms with E-state index in [0.717, 1.165) is 11.1 Å². The van der Waals surface area contributed by atoms with Crippen molar-refractivity contribution >= 4 is 11.7 Å². The van der Waals surface area contributed by atoms with Crippen molar-refractivity contribution < 1.29 is 9.13 Å². The SMILES string of the molecule is CC1(c2ccc(F)cc2)N=NN=C1OCCc1ccnc(N)c1. The Labute approximate surface area is 132 Å². The van der Waals surface area contributed by atoms with Gasteiger partial charge in [0.15, 0.2) is 5.54 Å². The summed E-state index contributed by atoms with van der Waals surface area (Å²) >= 11 is 0. The Morgan fingerprint density at radius 3 is 2.74 bits per heavy atom. The predicted octanol–water partition coefficient (Wildman–Crippen LogP) is 3.06. The van der Waals surface area contributed by atoms with Crippen molar-refractivity contribution in [1.29, 1.82) is 0 Å². The quantitative estimate of drug-likeness (QED) is 0.941. The zero-order valence-corrected chi connectivity index (χ0v) is 12.6. The van der Waals surface area contributed by atoms with Crippen LogP contribution in [0.2, 0.25) is 0 Å². The number of nitrogens with two attached hydrogens (primary N) is 1. The molecule has 2 aromatic rings. The van der Waals surface area contributed by atoms with E-state index in [1.807, 2.05) is 13.0 Å². The molecule has 1 aliphatic rings. The molecule has 0 aliphatic carbocycles. The van der Waals surface area contributed by atoms with Crippen LogP contribution in [0.1, 0.15) is 18.1 Å². The average molecular weight is 313 g/mol. The van der Waals surface area contributed by atoms with Gasteiger partial charge in [0.2, 0.25) is 5.90 Å². The predicted molar refractivity (Wildman–Crippen MR) is 84.3 cm³/mol. The third-order valence-electron chi connectivity index (χ3n) is 3.68. The summed E-state index contributed by atoms with van der Waals surface area (Å²) in [6, 6.07) is 9.75. The van der Waals surface area contributed by atoms with Gasteiger partial charge in [-0.25, -0.2) is 9.37 Å². The van der Waals surface area contributed by atoms with Crippen LogP contribution < -0.4 is 5.73 Å². The van der Waals surface area contributed by atoms with E-state index < -0.39 is 5.54 Å². The molecule has 0 amide bonds. The smallest absolute Gasteiger partial charge is 0.245 e. The molecule has 2 N–H and O–H groups in total. The number of benzene rings is 1. The summed E-state index contributed by atoms with van der Waals surface area (Å²) in [5, 5.41) is 11.8. The van der Waals surface area contributed by atoms with Gasteiger partial charge in [0.25, 0.3) is 0 Å². The lowest BCUT2D eigenvalue weighted by molar-refractivity contribution is 0.282. The van der Waals surface area contributed by atoms with Crippen molar-refractivity contribution in [2.75, 3.05) is 12.3 Å². The monoisotopic (exact) mass is 313 g/mol. The summed E-state index contributed by atoms with van der Waals surface area (Å²) in [4.78, 5) is 3.95. The van der Waals surface area contributed by atoms with Gasteiger partial charge in [-0.2, -0.15) is 0 Å². The van der Waals surface area contributed by atoms with E-state index in [1.54, 1.807) is 24.4 Å². The molecule has 1 aromatic heterocycles. The van der Waals surface area contributed by atoms with Crippen LogP contribution in [0.15, 0.2) is 58.0 Å². The van der Waals surface area contributed by atoms with Crippen molar-refractivity contribution in [2.45, 2.75) is 18.9 Å². The highest BCUT2D eigenvalue weighted by atomic mass is 19.1. The first-order valence-corrected chi connectivity index (χ1v) is 7.17. The van der Waals surface area contributed by atoms with Gasteiger partial charge in [0.1, 0.15) is 11.6 Å². The van der Waals surface area contributed by atoms with E-state index in [-0.39, 0.29) is 5.82 Å². The average Bonchev–Trinajstić information content (AvgIpc) is 2.90. The lowest BCUT2D eigenvalue weighted by Gasteiger charge is -2.21. The maximum absolute atomic E-state index is 13.1. The summed E-state index contributed by atoms with van der Waals surface area (Å²) in [6.07, 6.45) is 2.32. The van der Waals surface area contributed by atoms with Crippen LogP contribution in [0.25, 0.3) is 0 Å². The van der Waals surface area contributed by atoms with Crippen molar-refractivity contribution in [2.24, 2.45) is 15.4 Å². The number of ether oxygens (including phenoxy) is 1. The van der Waals surface area contributed by atoms with Gasteiger partial charge >= 0.3 is 0 Å². The number of halogens is 1. The zero-order valence-electron chi connectivity index (χ0n) is 12.6. The number of hydrogen-bond acceptors (Lipinski definition) is 6. The summed E-state index contributed by atoms with van der Waals surface area (Å²) < 4.78 is 18.8.